The van der Waals surface area contributed by atoms with Crippen LogP contribution >= 0.6 is 0 Å². The van der Waals surface area contributed by atoms with Gasteiger partial charge in [0.2, 0.25) is 0 Å². The molecule has 0 saturated carbocycles. The molecule has 1 aliphatic rings. The van der Waals surface area contributed by atoms with Gasteiger partial charge in [0, 0.05) is 11.6 Å². The van der Waals surface area contributed by atoms with Gasteiger partial charge in [0.15, 0.2) is 0 Å². The van der Waals surface area contributed by atoms with Gasteiger partial charge in [0.05, 0.1) is 18.3 Å². The number of ether oxygens (including phenoxy) is 1. The summed E-state index contributed by atoms with van der Waals surface area (Å²) in [7, 11) is 0.595. The molecule has 0 bridgehead atoms. The number of hydrogen-bond acceptors (Lipinski definition) is 3. The van der Waals surface area contributed by atoms with E-state index in [2.05, 4.69) is 0 Å². The van der Waals surface area contributed by atoms with E-state index in [0.717, 1.165) is 12.1 Å². The number of rotatable bonds is 2. The number of hydrogen-bond donors (Lipinski definition) is 0. The van der Waals surface area contributed by atoms with Crippen molar-refractivity contribution in [3.8, 4) is 5.75 Å². The first-order chi connectivity index (χ1) is 9.62. The minimum atomic E-state index is -4.41. The molecule has 1 heterocycles. The van der Waals surface area contributed by atoms with Crippen LogP contribution < -0.4 is 10.2 Å². The van der Waals surface area contributed by atoms with Gasteiger partial charge >= 0.3 is 13.3 Å². The third-order valence-electron chi connectivity index (χ3n) is 3.38. The Morgan fingerprint density at radius 2 is 2.00 bits per heavy atom. The molecule has 0 aliphatic carbocycles. The van der Waals surface area contributed by atoms with Crippen LogP contribution in [0.4, 0.5) is 13.2 Å². The van der Waals surface area contributed by atoms with Gasteiger partial charge in [-0.1, -0.05) is 12.1 Å². The van der Waals surface area contributed by atoms with Gasteiger partial charge < -0.3 is 14.0 Å². The maximum atomic E-state index is 12.7. The predicted molar refractivity (Wildman–Crippen MR) is 73.7 cm³/mol. The molecule has 1 saturated heterocycles. The fourth-order valence-electron chi connectivity index (χ4n) is 2.54. The summed E-state index contributed by atoms with van der Waals surface area (Å²) in [6.07, 6.45) is -3.75. The topological polar surface area (TPSA) is 27.7 Å². The lowest BCUT2D eigenvalue weighted by molar-refractivity contribution is -0.137. The fraction of sp³-hybridized carbons (Fsp3) is 0.571. The highest BCUT2D eigenvalue weighted by Crippen LogP contribution is 2.32. The Bertz CT molecular complexity index is 517. The Hall–Kier alpha value is -1.21. The largest absolute Gasteiger partial charge is 0.498 e. The lowest BCUT2D eigenvalue weighted by Gasteiger charge is -2.38. The minimum Gasteiger partial charge on any atom is -0.497 e. The van der Waals surface area contributed by atoms with Crippen LogP contribution in [-0.2, 0) is 15.5 Å². The predicted octanol–water partition coefficient (Wildman–Crippen LogP) is 3.01. The summed E-state index contributed by atoms with van der Waals surface area (Å²) in [5.74, 6) is 0.111. The number of halogens is 3. The summed E-state index contributed by atoms with van der Waals surface area (Å²) in [5.41, 5.74) is -0.702. The van der Waals surface area contributed by atoms with Crippen LogP contribution in [0, 0.1) is 0 Å². The van der Waals surface area contributed by atoms with E-state index in [0.29, 0.717) is 11.9 Å². The second-order valence-electron chi connectivity index (χ2n) is 5.81. The Labute approximate surface area is 122 Å². The maximum Gasteiger partial charge on any atom is 0.498 e. The molecule has 3 nitrogen and oxygen atoms in total. The van der Waals surface area contributed by atoms with Crippen LogP contribution in [0.2, 0.25) is 0 Å². The Morgan fingerprint density at radius 1 is 1.33 bits per heavy atom. The first-order valence-corrected chi connectivity index (χ1v) is 6.71. The Balaban J connectivity index is 2.35. The van der Waals surface area contributed by atoms with Crippen LogP contribution in [0.5, 0.6) is 5.75 Å². The zero-order valence-corrected chi connectivity index (χ0v) is 12.5. The highest BCUT2D eigenvalue weighted by atomic mass is 19.4. The van der Waals surface area contributed by atoms with Crippen molar-refractivity contribution in [3.05, 3.63) is 23.8 Å². The zero-order valence-electron chi connectivity index (χ0n) is 12.5. The number of benzene rings is 1. The molecule has 0 radical (unpaired) electrons. The summed E-state index contributed by atoms with van der Waals surface area (Å²) >= 11 is 0. The maximum absolute atomic E-state index is 12.7. The monoisotopic (exact) mass is 302 g/mol. The summed E-state index contributed by atoms with van der Waals surface area (Å²) in [4.78, 5) is 0. The molecular weight excluding hydrogens is 284 g/mol. The van der Waals surface area contributed by atoms with Crippen molar-refractivity contribution in [2.75, 3.05) is 7.11 Å². The van der Waals surface area contributed by atoms with Crippen LogP contribution in [0.3, 0.4) is 0 Å². The van der Waals surface area contributed by atoms with Crippen molar-refractivity contribution in [1.29, 1.82) is 0 Å². The lowest BCUT2D eigenvalue weighted by atomic mass is 9.74. The average Bonchev–Trinajstić information content (AvgIpc) is 2.34. The molecule has 0 aromatic heterocycles. The van der Waals surface area contributed by atoms with E-state index in [9.17, 15) is 13.2 Å². The second-order valence-corrected chi connectivity index (χ2v) is 5.81. The molecule has 0 N–H and O–H groups in total. The normalized spacial score (nSPS) is 22.2. The summed E-state index contributed by atoms with van der Waals surface area (Å²) in [6.45, 7) is 5.76. The number of methoxy groups -OCH3 is 1. The van der Waals surface area contributed by atoms with E-state index in [1.54, 1.807) is 0 Å². The smallest absolute Gasteiger partial charge is 0.497 e. The fourth-order valence-corrected chi connectivity index (χ4v) is 2.54. The van der Waals surface area contributed by atoms with Crippen molar-refractivity contribution in [3.63, 3.8) is 0 Å². The van der Waals surface area contributed by atoms with Crippen LogP contribution in [0.15, 0.2) is 18.2 Å². The van der Waals surface area contributed by atoms with E-state index < -0.39 is 24.5 Å². The molecule has 0 amide bonds. The standard InChI is InChI=1S/C14H18BF3O3/c1-9-8-13(2,3)21-15(20-9)11-6-5-10(14(16,17)18)7-12(11)19-4/h5-7,9H,8H2,1-4H3. The SMILES string of the molecule is COc1cc(C(F)(F)F)ccc1B1OC(C)CC(C)(C)O1. The minimum absolute atomic E-state index is 0.0502. The van der Waals surface area contributed by atoms with Crippen molar-refractivity contribution >= 4 is 12.6 Å². The second kappa shape index (κ2) is 5.53. The van der Waals surface area contributed by atoms with Crippen molar-refractivity contribution in [1.82, 2.24) is 0 Å². The third-order valence-corrected chi connectivity index (χ3v) is 3.38. The molecule has 21 heavy (non-hydrogen) atoms. The van der Waals surface area contributed by atoms with E-state index in [1.165, 1.54) is 13.2 Å². The summed E-state index contributed by atoms with van der Waals surface area (Å²) in [5, 5.41) is 0. The van der Waals surface area contributed by atoms with Crippen LogP contribution in [-0.4, -0.2) is 25.9 Å². The van der Waals surface area contributed by atoms with E-state index in [1.807, 2.05) is 20.8 Å². The molecule has 116 valence electrons. The molecule has 1 aliphatic heterocycles. The van der Waals surface area contributed by atoms with Crippen molar-refractivity contribution < 1.29 is 27.2 Å². The van der Waals surface area contributed by atoms with Gasteiger partial charge in [-0.3, -0.25) is 0 Å². The molecule has 1 atom stereocenters. The zero-order chi connectivity index (χ0) is 15.8. The number of alkyl halides is 3. The van der Waals surface area contributed by atoms with Crippen LogP contribution in [0.25, 0.3) is 0 Å². The van der Waals surface area contributed by atoms with Gasteiger partial charge in [-0.05, 0) is 33.3 Å². The molecular formula is C14H18BF3O3. The molecule has 2 rings (SSSR count). The highest BCUT2D eigenvalue weighted by Gasteiger charge is 2.40. The van der Waals surface area contributed by atoms with Crippen molar-refractivity contribution in [2.24, 2.45) is 0 Å². The molecule has 1 unspecified atom stereocenters. The van der Waals surface area contributed by atoms with Crippen molar-refractivity contribution in [2.45, 2.75) is 45.1 Å². The summed E-state index contributed by atoms with van der Waals surface area (Å²) in [6, 6.07) is 3.33. The van der Waals surface area contributed by atoms with Gasteiger partial charge in [0.25, 0.3) is 0 Å². The van der Waals surface area contributed by atoms with E-state index in [4.69, 9.17) is 14.0 Å². The third kappa shape index (κ3) is 3.71. The molecule has 1 fully saturated rings. The van der Waals surface area contributed by atoms with E-state index in [-0.39, 0.29) is 11.9 Å². The van der Waals surface area contributed by atoms with Gasteiger partial charge in [-0.25, -0.2) is 0 Å². The molecule has 1 aromatic carbocycles. The first-order valence-electron chi connectivity index (χ1n) is 6.71. The highest BCUT2D eigenvalue weighted by molar-refractivity contribution is 6.62. The summed E-state index contributed by atoms with van der Waals surface area (Å²) < 4.78 is 54.8. The average molecular weight is 302 g/mol. The van der Waals surface area contributed by atoms with Gasteiger partial charge in [-0.2, -0.15) is 13.2 Å². The lowest BCUT2D eigenvalue weighted by Crippen LogP contribution is -2.52. The Morgan fingerprint density at radius 3 is 2.52 bits per heavy atom. The molecule has 1 aromatic rings. The molecule has 0 spiro atoms. The van der Waals surface area contributed by atoms with Gasteiger partial charge in [-0.15, -0.1) is 0 Å². The quantitative estimate of drug-likeness (QED) is 0.786. The van der Waals surface area contributed by atoms with E-state index >= 15 is 0 Å². The van der Waals surface area contributed by atoms with Crippen LogP contribution in [0.1, 0.15) is 32.8 Å². The first kappa shape index (κ1) is 16.2. The molecule has 7 heteroatoms. The Kier molecular flexibility index (Phi) is 4.26. The van der Waals surface area contributed by atoms with Gasteiger partial charge in [0.1, 0.15) is 5.75 Å².